The molecule has 29 heavy (non-hydrogen) atoms. The maximum atomic E-state index is 12.1. The van der Waals surface area contributed by atoms with Gasteiger partial charge in [-0.25, -0.2) is 0 Å². The Morgan fingerprint density at radius 2 is 1.66 bits per heavy atom. The second kappa shape index (κ2) is 10.8. The molecule has 2 aromatic rings. The number of nitrogens with one attached hydrogen (secondary N) is 1. The van der Waals surface area contributed by atoms with E-state index >= 15 is 0 Å². The summed E-state index contributed by atoms with van der Waals surface area (Å²) in [6.45, 7) is 1.08. The number of hydrogen-bond acceptors (Lipinski definition) is 6. The molecule has 0 atom stereocenters. The fourth-order valence-corrected chi connectivity index (χ4v) is 2.53. The van der Waals surface area contributed by atoms with Crippen LogP contribution in [0.5, 0.6) is 5.75 Å². The SMILES string of the molecule is COc1cccc(C(=O)COC(=O)CCCC(=O)Nc2cccc(C(C)=O)c2)c1. The number of rotatable bonds is 10. The lowest BCUT2D eigenvalue weighted by atomic mass is 10.1. The Labute approximate surface area is 169 Å². The highest BCUT2D eigenvalue weighted by atomic mass is 16.5. The van der Waals surface area contributed by atoms with E-state index in [0.717, 1.165) is 0 Å². The van der Waals surface area contributed by atoms with E-state index in [9.17, 15) is 19.2 Å². The van der Waals surface area contributed by atoms with Gasteiger partial charge in [-0.1, -0.05) is 24.3 Å². The van der Waals surface area contributed by atoms with Crippen molar-refractivity contribution < 1.29 is 28.7 Å². The van der Waals surface area contributed by atoms with Crippen LogP contribution in [0, 0.1) is 0 Å². The number of benzene rings is 2. The summed E-state index contributed by atoms with van der Waals surface area (Å²) in [6.07, 6.45) is 0.417. The van der Waals surface area contributed by atoms with Crippen molar-refractivity contribution in [3.63, 3.8) is 0 Å². The fourth-order valence-electron chi connectivity index (χ4n) is 2.53. The van der Waals surface area contributed by atoms with Crippen LogP contribution in [-0.4, -0.2) is 37.2 Å². The first-order chi connectivity index (χ1) is 13.9. The molecule has 0 saturated heterocycles. The number of Topliss-reactive ketones (excluding diaryl/α,β-unsaturated/α-hetero) is 2. The van der Waals surface area contributed by atoms with Crippen LogP contribution in [0.4, 0.5) is 5.69 Å². The molecule has 0 heterocycles. The first kappa shape index (κ1) is 21.8. The standard InChI is InChI=1S/C22H23NO6/c1-15(24)16-6-3-8-18(12-16)23-21(26)10-5-11-22(27)29-14-20(25)17-7-4-9-19(13-17)28-2/h3-4,6-9,12-13H,5,10-11,14H2,1-2H3,(H,23,26). The summed E-state index contributed by atoms with van der Waals surface area (Å²) in [5, 5.41) is 2.68. The van der Waals surface area contributed by atoms with Crippen LogP contribution in [-0.2, 0) is 14.3 Å². The van der Waals surface area contributed by atoms with Crippen molar-refractivity contribution in [2.45, 2.75) is 26.2 Å². The molecule has 0 aromatic heterocycles. The summed E-state index contributed by atoms with van der Waals surface area (Å²) >= 11 is 0. The van der Waals surface area contributed by atoms with E-state index in [4.69, 9.17) is 9.47 Å². The second-order valence-electron chi connectivity index (χ2n) is 6.35. The molecule has 1 amide bonds. The van der Waals surface area contributed by atoms with Crippen LogP contribution in [0.1, 0.15) is 46.9 Å². The highest BCUT2D eigenvalue weighted by molar-refractivity contribution is 5.98. The number of ether oxygens (including phenoxy) is 2. The van der Waals surface area contributed by atoms with Gasteiger partial charge in [-0.15, -0.1) is 0 Å². The first-order valence-electron chi connectivity index (χ1n) is 9.13. The number of amides is 1. The van der Waals surface area contributed by atoms with Crippen molar-refractivity contribution in [1.82, 2.24) is 0 Å². The van der Waals surface area contributed by atoms with Gasteiger partial charge >= 0.3 is 5.97 Å². The summed E-state index contributed by atoms with van der Waals surface area (Å²) in [7, 11) is 1.50. The predicted molar refractivity (Wildman–Crippen MR) is 107 cm³/mol. The monoisotopic (exact) mass is 397 g/mol. The Balaban J connectivity index is 1.71. The molecule has 0 aliphatic heterocycles. The van der Waals surface area contributed by atoms with Gasteiger partial charge in [-0.3, -0.25) is 19.2 Å². The zero-order valence-electron chi connectivity index (χ0n) is 16.4. The van der Waals surface area contributed by atoms with Crippen LogP contribution >= 0.6 is 0 Å². The average Bonchev–Trinajstić information content (AvgIpc) is 2.72. The van der Waals surface area contributed by atoms with Crippen LogP contribution < -0.4 is 10.1 Å². The van der Waals surface area contributed by atoms with Crippen molar-refractivity contribution in [3.05, 3.63) is 59.7 Å². The molecule has 2 aromatic carbocycles. The third kappa shape index (κ3) is 7.21. The van der Waals surface area contributed by atoms with E-state index in [1.165, 1.54) is 14.0 Å². The number of esters is 1. The highest BCUT2D eigenvalue weighted by Crippen LogP contribution is 2.14. The molecule has 7 heteroatoms. The Hall–Kier alpha value is -3.48. The van der Waals surface area contributed by atoms with Gasteiger partial charge in [0.2, 0.25) is 5.91 Å². The topological polar surface area (TPSA) is 98.8 Å². The lowest BCUT2D eigenvalue weighted by Gasteiger charge is -2.07. The van der Waals surface area contributed by atoms with Gasteiger partial charge in [0.05, 0.1) is 7.11 Å². The molecule has 0 bridgehead atoms. The second-order valence-corrected chi connectivity index (χ2v) is 6.35. The minimum absolute atomic E-state index is 0.0201. The number of carbonyl (C=O) groups is 4. The lowest BCUT2D eigenvalue weighted by Crippen LogP contribution is -2.15. The molecule has 0 aliphatic carbocycles. The quantitative estimate of drug-likeness (QED) is 0.487. The minimum atomic E-state index is -0.548. The Morgan fingerprint density at radius 1 is 0.931 bits per heavy atom. The maximum absolute atomic E-state index is 12.1. The molecular formula is C22H23NO6. The summed E-state index contributed by atoms with van der Waals surface area (Å²) in [6, 6.07) is 13.2. The smallest absolute Gasteiger partial charge is 0.306 e. The Bertz CT molecular complexity index is 906. The molecule has 0 aliphatic rings. The maximum Gasteiger partial charge on any atom is 0.306 e. The molecule has 0 fully saturated rings. The van der Waals surface area contributed by atoms with E-state index in [2.05, 4.69) is 5.32 Å². The van der Waals surface area contributed by atoms with Gasteiger partial charge in [0.25, 0.3) is 0 Å². The molecule has 0 radical (unpaired) electrons. The van der Waals surface area contributed by atoms with Crippen molar-refractivity contribution in [1.29, 1.82) is 0 Å². The van der Waals surface area contributed by atoms with Crippen molar-refractivity contribution >= 4 is 29.1 Å². The van der Waals surface area contributed by atoms with Gasteiger partial charge in [0.15, 0.2) is 18.2 Å². The van der Waals surface area contributed by atoms with Crippen LogP contribution in [0.25, 0.3) is 0 Å². The van der Waals surface area contributed by atoms with E-state index < -0.39 is 5.97 Å². The number of hydrogen-bond donors (Lipinski definition) is 1. The Kier molecular flexibility index (Phi) is 8.09. The summed E-state index contributed by atoms with van der Waals surface area (Å²) < 4.78 is 10.0. The third-order valence-corrected chi connectivity index (χ3v) is 4.09. The Morgan fingerprint density at radius 3 is 2.38 bits per heavy atom. The fraction of sp³-hybridized carbons (Fsp3) is 0.273. The van der Waals surface area contributed by atoms with Crippen LogP contribution in [0.3, 0.4) is 0 Å². The molecule has 0 spiro atoms. The zero-order valence-corrected chi connectivity index (χ0v) is 16.4. The first-order valence-corrected chi connectivity index (χ1v) is 9.13. The van der Waals surface area contributed by atoms with Crippen LogP contribution in [0.15, 0.2) is 48.5 Å². The van der Waals surface area contributed by atoms with E-state index in [-0.39, 0.29) is 43.3 Å². The van der Waals surface area contributed by atoms with Gasteiger partial charge in [0, 0.05) is 29.7 Å². The normalized spacial score (nSPS) is 10.1. The third-order valence-electron chi connectivity index (χ3n) is 4.09. The highest BCUT2D eigenvalue weighted by Gasteiger charge is 2.12. The van der Waals surface area contributed by atoms with Gasteiger partial charge in [-0.2, -0.15) is 0 Å². The van der Waals surface area contributed by atoms with Crippen LogP contribution in [0.2, 0.25) is 0 Å². The molecule has 152 valence electrons. The molecule has 1 N–H and O–H groups in total. The van der Waals surface area contributed by atoms with Gasteiger partial charge < -0.3 is 14.8 Å². The summed E-state index contributed by atoms with van der Waals surface area (Å²) in [4.78, 5) is 47.2. The van der Waals surface area contributed by atoms with E-state index in [1.54, 1.807) is 48.5 Å². The molecule has 2 rings (SSSR count). The van der Waals surface area contributed by atoms with Crippen molar-refractivity contribution in [2.75, 3.05) is 19.0 Å². The number of methoxy groups -OCH3 is 1. The predicted octanol–water partition coefficient (Wildman–Crippen LogP) is 3.43. The average molecular weight is 397 g/mol. The number of carbonyl (C=O) groups excluding carboxylic acids is 4. The lowest BCUT2D eigenvalue weighted by molar-refractivity contribution is -0.142. The summed E-state index contributed by atoms with van der Waals surface area (Å²) in [5.41, 5.74) is 1.42. The molecular weight excluding hydrogens is 374 g/mol. The molecule has 0 unspecified atom stereocenters. The molecule has 7 nitrogen and oxygen atoms in total. The largest absolute Gasteiger partial charge is 0.497 e. The van der Waals surface area contributed by atoms with Gasteiger partial charge in [-0.05, 0) is 37.6 Å². The summed E-state index contributed by atoms with van der Waals surface area (Å²) in [5.74, 6) is -0.701. The van der Waals surface area contributed by atoms with Gasteiger partial charge in [0.1, 0.15) is 5.75 Å². The van der Waals surface area contributed by atoms with Crippen molar-refractivity contribution in [2.24, 2.45) is 0 Å². The minimum Gasteiger partial charge on any atom is -0.497 e. The van der Waals surface area contributed by atoms with Crippen molar-refractivity contribution in [3.8, 4) is 5.75 Å². The zero-order chi connectivity index (χ0) is 21.2. The van der Waals surface area contributed by atoms with E-state index in [1.807, 2.05) is 0 Å². The van der Waals surface area contributed by atoms with E-state index in [0.29, 0.717) is 22.6 Å². The number of anilines is 1. The molecule has 0 saturated carbocycles. The number of ketones is 2.